The Morgan fingerprint density at radius 2 is 2.20 bits per heavy atom. The normalized spacial score (nSPS) is 14.1. The first-order valence-corrected chi connectivity index (χ1v) is 6.99. The predicted octanol–water partition coefficient (Wildman–Crippen LogP) is 2.28. The third-order valence-corrected chi connectivity index (χ3v) is 3.46. The fourth-order valence-corrected chi connectivity index (χ4v) is 2.48. The van der Waals surface area contributed by atoms with Crippen LogP contribution in [-0.2, 0) is 19.4 Å². The van der Waals surface area contributed by atoms with Gasteiger partial charge in [0.25, 0.3) is 0 Å². The monoisotopic (exact) mass is 272 g/mol. The molecule has 0 fully saturated rings. The molecule has 5 heteroatoms. The van der Waals surface area contributed by atoms with Crippen LogP contribution in [0.2, 0.25) is 0 Å². The summed E-state index contributed by atoms with van der Waals surface area (Å²) in [6, 6.07) is 3.03. The van der Waals surface area contributed by atoms with E-state index in [1.807, 2.05) is 0 Å². The van der Waals surface area contributed by atoms with Crippen LogP contribution in [0.3, 0.4) is 0 Å². The second-order valence-corrected chi connectivity index (χ2v) is 4.96. The van der Waals surface area contributed by atoms with Crippen LogP contribution in [-0.4, -0.2) is 21.5 Å². The van der Waals surface area contributed by atoms with Crippen molar-refractivity contribution in [3.05, 3.63) is 41.1 Å². The second kappa shape index (κ2) is 5.63. The van der Waals surface area contributed by atoms with Crippen LogP contribution in [0.25, 0.3) is 11.5 Å². The highest BCUT2D eigenvalue weighted by Crippen LogP contribution is 2.21. The summed E-state index contributed by atoms with van der Waals surface area (Å²) < 4.78 is 13.0. The van der Waals surface area contributed by atoms with Crippen LogP contribution < -0.4 is 5.32 Å². The van der Waals surface area contributed by atoms with Gasteiger partial charge in [0, 0.05) is 30.8 Å². The fourth-order valence-electron chi connectivity index (χ4n) is 2.48. The number of aromatic nitrogens is 3. The summed E-state index contributed by atoms with van der Waals surface area (Å²) in [4.78, 5) is 13.3. The number of hydrogen-bond acceptors (Lipinski definition) is 4. The quantitative estimate of drug-likeness (QED) is 0.931. The molecule has 0 saturated heterocycles. The molecule has 0 bridgehead atoms. The van der Waals surface area contributed by atoms with E-state index in [1.54, 1.807) is 6.07 Å². The van der Waals surface area contributed by atoms with Gasteiger partial charge in [0.2, 0.25) is 0 Å². The SMILES string of the molecule is CCCc1nc(-c2ccc(F)cn2)nc2c1CNCC2. The van der Waals surface area contributed by atoms with E-state index >= 15 is 0 Å². The first kappa shape index (κ1) is 13.1. The second-order valence-electron chi connectivity index (χ2n) is 4.96. The molecule has 2 aromatic heterocycles. The number of aryl methyl sites for hydroxylation is 1. The molecule has 0 radical (unpaired) electrons. The first-order chi connectivity index (χ1) is 9.78. The Hall–Kier alpha value is -1.88. The zero-order chi connectivity index (χ0) is 13.9. The molecule has 0 unspecified atom stereocenters. The molecule has 4 nitrogen and oxygen atoms in total. The lowest BCUT2D eigenvalue weighted by Crippen LogP contribution is -2.27. The van der Waals surface area contributed by atoms with Crippen LogP contribution in [0.5, 0.6) is 0 Å². The van der Waals surface area contributed by atoms with Crippen molar-refractivity contribution < 1.29 is 4.39 Å². The Kier molecular flexibility index (Phi) is 3.69. The highest BCUT2D eigenvalue weighted by molar-refractivity contribution is 5.50. The number of nitrogens with one attached hydrogen (secondary N) is 1. The van der Waals surface area contributed by atoms with E-state index in [4.69, 9.17) is 0 Å². The average Bonchev–Trinajstić information content (AvgIpc) is 2.48. The Balaban J connectivity index is 2.07. The smallest absolute Gasteiger partial charge is 0.178 e. The summed E-state index contributed by atoms with van der Waals surface area (Å²) in [5.41, 5.74) is 4.04. The molecule has 2 aromatic rings. The van der Waals surface area contributed by atoms with Gasteiger partial charge in [-0.05, 0) is 18.6 Å². The summed E-state index contributed by atoms with van der Waals surface area (Å²) in [7, 11) is 0. The minimum atomic E-state index is -0.343. The minimum absolute atomic E-state index is 0.343. The molecule has 0 amide bonds. The van der Waals surface area contributed by atoms with Crippen LogP contribution >= 0.6 is 0 Å². The maximum Gasteiger partial charge on any atom is 0.178 e. The average molecular weight is 272 g/mol. The van der Waals surface area contributed by atoms with Gasteiger partial charge < -0.3 is 5.32 Å². The van der Waals surface area contributed by atoms with E-state index in [0.29, 0.717) is 11.5 Å². The van der Waals surface area contributed by atoms with Gasteiger partial charge in [-0.3, -0.25) is 0 Å². The maximum absolute atomic E-state index is 13.0. The zero-order valence-corrected chi connectivity index (χ0v) is 11.5. The van der Waals surface area contributed by atoms with E-state index < -0.39 is 0 Å². The third-order valence-electron chi connectivity index (χ3n) is 3.46. The van der Waals surface area contributed by atoms with Gasteiger partial charge in [-0.2, -0.15) is 0 Å². The number of halogens is 1. The van der Waals surface area contributed by atoms with Gasteiger partial charge in [0.1, 0.15) is 11.5 Å². The molecular formula is C15H17FN4. The number of nitrogens with zero attached hydrogens (tertiary/aromatic N) is 3. The van der Waals surface area contributed by atoms with Crippen molar-refractivity contribution in [2.24, 2.45) is 0 Å². The summed E-state index contributed by atoms with van der Waals surface area (Å²) in [6.07, 6.45) is 4.09. The van der Waals surface area contributed by atoms with Gasteiger partial charge in [0.15, 0.2) is 5.82 Å². The molecule has 3 rings (SSSR count). The zero-order valence-electron chi connectivity index (χ0n) is 11.5. The van der Waals surface area contributed by atoms with Gasteiger partial charge in [-0.25, -0.2) is 19.3 Å². The topological polar surface area (TPSA) is 50.7 Å². The largest absolute Gasteiger partial charge is 0.312 e. The van der Waals surface area contributed by atoms with Crippen molar-refractivity contribution >= 4 is 0 Å². The van der Waals surface area contributed by atoms with Crippen molar-refractivity contribution in [1.29, 1.82) is 0 Å². The third kappa shape index (κ3) is 2.54. The van der Waals surface area contributed by atoms with Gasteiger partial charge >= 0.3 is 0 Å². The lowest BCUT2D eigenvalue weighted by atomic mass is 10.0. The van der Waals surface area contributed by atoms with Gasteiger partial charge in [-0.1, -0.05) is 13.3 Å². The fraction of sp³-hybridized carbons (Fsp3) is 0.400. The molecule has 3 heterocycles. The molecule has 0 atom stereocenters. The first-order valence-electron chi connectivity index (χ1n) is 6.99. The van der Waals surface area contributed by atoms with Crippen LogP contribution in [0, 0.1) is 5.82 Å². The molecule has 0 aliphatic carbocycles. The molecule has 0 spiro atoms. The van der Waals surface area contributed by atoms with Crippen molar-refractivity contribution in [3.8, 4) is 11.5 Å². The number of rotatable bonds is 3. The van der Waals surface area contributed by atoms with E-state index in [-0.39, 0.29) is 5.82 Å². The molecule has 1 aliphatic rings. The molecular weight excluding hydrogens is 255 g/mol. The predicted molar refractivity (Wildman–Crippen MR) is 74.6 cm³/mol. The summed E-state index contributed by atoms with van der Waals surface area (Å²) in [6.45, 7) is 3.91. The van der Waals surface area contributed by atoms with Gasteiger partial charge in [0.05, 0.1) is 11.9 Å². The van der Waals surface area contributed by atoms with Crippen LogP contribution in [0.4, 0.5) is 4.39 Å². The van der Waals surface area contributed by atoms with Crippen molar-refractivity contribution in [3.63, 3.8) is 0 Å². The van der Waals surface area contributed by atoms with E-state index in [2.05, 4.69) is 27.2 Å². The Morgan fingerprint density at radius 3 is 2.95 bits per heavy atom. The standard InChI is InChI=1S/C15H17FN4/c1-2-3-12-11-9-17-7-6-13(11)20-15(19-12)14-5-4-10(16)8-18-14/h4-5,8,17H,2-3,6-7,9H2,1H3. The molecule has 1 aliphatic heterocycles. The van der Waals surface area contributed by atoms with E-state index in [9.17, 15) is 4.39 Å². The van der Waals surface area contributed by atoms with E-state index in [0.717, 1.165) is 43.7 Å². The Morgan fingerprint density at radius 1 is 1.30 bits per heavy atom. The van der Waals surface area contributed by atoms with Crippen molar-refractivity contribution in [1.82, 2.24) is 20.3 Å². The lowest BCUT2D eigenvalue weighted by molar-refractivity contribution is 0.614. The highest BCUT2D eigenvalue weighted by Gasteiger charge is 2.18. The molecule has 20 heavy (non-hydrogen) atoms. The highest BCUT2D eigenvalue weighted by atomic mass is 19.1. The molecule has 104 valence electrons. The van der Waals surface area contributed by atoms with Crippen LogP contribution in [0.15, 0.2) is 18.3 Å². The van der Waals surface area contributed by atoms with Crippen molar-refractivity contribution in [2.45, 2.75) is 32.7 Å². The molecule has 1 N–H and O–H groups in total. The minimum Gasteiger partial charge on any atom is -0.312 e. The Bertz CT molecular complexity index is 610. The number of hydrogen-bond donors (Lipinski definition) is 1. The van der Waals surface area contributed by atoms with Crippen LogP contribution in [0.1, 0.15) is 30.3 Å². The lowest BCUT2D eigenvalue weighted by Gasteiger charge is -2.19. The number of fused-ring (bicyclic) bond motifs is 1. The summed E-state index contributed by atoms with van der Waals surface area (Å²) in [5.74, 6) is 0.263. The summed E-state index contributed by atoms with van der Waals surface area (Å²) >= 11 is 0. The molecule has 0 aromatic carbocycles. The number of pyridine rings is 1. The van der Waals surface area contributed by atoms with E-state index in [1.165, 1.54) is 17.8 Å². The maximum atomic E-state index is 13.0. The van der Waals surface area contributed by atoms with Gasteiger partial charge in [-0.15, -0.1) is 0 Å². The molecule has 0 saturated carbocycles. The summed E-state index contributed by atoms with van der Waals surface area (Å²) in [5, 5.41) is 3.36. The van der Waals surface area contributed by atoms with Crippen molar-refractivity contribution in [2.75, 3.05) is 6.54 Å². The Labute approximate surface area is 117 Å².